The average Bonchev–Trinajstić information content (AvgIpc) is 2.39. The Kier molecular flexibility index (Phi) is 4.95. The van der Waals surface area contributed by atoms with Crippen LogP contribution in [0.5, 0.6) is 0 Å². The third-order valence-electron chi connectivity index (χ3n) is 2.56. The first-order valence-electron chi connectivity index (χ1n) is 5.43. The van der Waals surface area contributed by atoms with Crippen LogP contribution in [0, 0.1) is 0 Å². The Morgan fingerprint density at radius 2 is 1.76 bits per heavy atom. The molecule has 0 amide bonds. The highest BCUT2D eigenvalue weighted by atomic mass is 79.9. The molecular weight excluding hydrogens is 422 g/mol. The molecule has 9 heteroatoms. The SMILES string of the molecule is Nc1c(Cl)ccc(S(=O)(=O)Nc2ccc(Cl)cc2Br)c1Cl. The summed E-state index contributed by atoms with van der Waals surface area (Å²) in [6, 6.07) is 7.30. The average molecular weight is 431 g/mol. The fourth-order valence-electron chi connectivity index (χ4n) is 1.53. The number of nitrogens with one attached hydrogen (secondary N) is 1. The number of halogens is 4. The largest absolute Gasteiger partial charge is 0.396 e. The van der Waals surface area contributed by atoms with Crippen LogP contribution in [0.25, 0.3) is 0 Å². The van der Waals surface area contributed by atoms with Crippen molar-refractivity contribution in [1.82, 2.24) is 0 Å². The Bertz CT molecular complexity index is 812. The summed E-state index contributed by atoms with van der Waals surface area (Å²) >= 11 is 20.8. The fourth-order valence-corrected chi connectivity index (χ4v) is 4.29. The monoisotopic (exact) mass is 428 g/mol. The van der Waals surface area contributed by atoms with Crippen LogP contribution in [0.3, 0.4) is 0 Å². The second-order valence-corrected chi connectivity index (χ2v) is 7.73. The number of nitrogen functional groups attached to an aromatic ring is 1. The summed E-state index contributed by atoms with van der Waals surface area (Å²) in [7, 11) is -3.91. The number of benzene rings is 2. The highest BCUT2D eigenvalue weighted by molar-refractivity contribution is 9.10. The van der Waals surface area contributed by atoms with Crippen LogP contribution >= 0.6 is 50.7 Å². The van der Waals surface area contributed by atoms with Crippen LogP contribution in [-0.2, 0) is 10.0 Å². The van der Waals surface area contributed by atoms with Gasteiger partial charge in [-0.25, -0.2) is 8.42 Å². The molecule has 0 radical (unpaired) electrons. The van der Waals surface area contributed by atoms with E-state index in [1.807, 2.05) is 0 Å². The van der Waals surface area contributed by atoms with Gasteiger partial charge in [0.2, 0.25) is 0 Å². The highest BCUT2D eigenvalue weighted by Crippen LogP contribution is 2.35. The molecule has 0 aliphatic rings. The minimum atomic E-state index is -3.91. The maximum Gasteiger partial charge on any atom is 0.263 e. The van der Waals surface area contributed by atoms with Crippen LogP contribution < -0.4 is 10.5 Å². The number of sulfonamides is 1. The molecule has 21 heavy (non-hydrogen) atoms. The Morgan fingerprint density at radius 3 is 2.38 bits per heavy atom. The number of rotatable bonds is 3. The minimum Gasteiger partial charge on any atom is -0.396 e. The van der Waals surface area contributed by atoms with Crippen molar-refractivity contribution in [3.63, 3.8) is 0 Å². The van der Waals surface area contributed by atoms with E-state index in [4.69, 9.17) is 40.5 Å². The lowest BCUT2D eigenvalue weighted by molar-refractivity contribution is 0.601. The smallest absolute Gasteiger partial charge is 0.263 e. The molecule has 0 atom stereocenters. The molecule has 0 aromatic heterocycles. The number of nitrogens with two attached hydrogens (primary N) is 1. The normalized spacial score (nSPS) is 11.4. The zero-order chi connectivity index (χ0) is 15.8. The van der Waals surface area contributed by atoms with Gasteiger partial charge in [-0.3, -0.25) is 4.72 Å². The maximum atomic E-state index is 12.4. The summed E-state index contributed by atoms with van der Waals surface area (Å²) in [5.74, 6) is 0. The first-order chi connectivity index (χ1) is 9.72. The molecule has 0 heterocycles. The van der Waals surface area contributed by atoms with Crippen molar-refractivity contribution < 1.29 is 8.42 Å². The molecule has 0 saturated heterocycles. The lowest BCUT2D eigenvalue weighted by Gasteiger charge is -2.12. The van der Waals surface area contributed by atoms with E-state index < -0.39 is 10.0 Å². The quantitative estimate of drug-likeness (QED) is 0.688. The molecule has 0 spiro atoms. The van der Waals surface area contributed by atoms with E-state index in [0.717, 1.165) is 0 Å². The predicted molar refractivity (Wildman–Crippen MR) is 90.8 cm³/mol. The fraction of sp³-hybridized carbons (Fsp3) is 0. The van der Waals surface area contributed by atoms with E-state index in [0.29, 0.717) is 15.2 Å². The second kappa shape index (κ2) is 6.22. The van der Waals surface area contributed by atoms with Crippen molar-refractivity contribution in [2.75, 3.05) is 10.5 Å². The summed E-state index contributed by atoms with van der Waals surface area (Å²) in [5, 5.41) is 0.533. The number of hydrogen-bond donors (Lipinski definition) is 2. The van der Waals surface area contributed by atoms with E-state index in [-0.39, 0.29) is 20.6 Å². The third-order valence-corrected chi connectivity index (χ3v) is 5.70. The topological polar surface area (TPSA) is 72.2 Å². The first-order valence-corrected chi connectivity index (χ1v) is 8.84. The molecule has 0 unspecified atom stereocenters. The van der Waals surface area contributed by atoms with E-state index >= 15 is 0 Å². The lowest BCUT2D eigenvalue weighted by Crippen LogP contribution is -2.14. The van der Waals surface area contributed by atoms with E-state index in [9.17, 15) is 8.42 Å². The van der Waals surface area contributed by atoms with Gasteiger partial charge >= 0.3 is 0 Å². The molecule has 112 valence electrons. The van der Waals surface area contributed by atoms with Crippen LogP contribution in [0.1, 0.15) is 0 Å². The maximum absolute atomic E-state index is 12.4. The predicted octanol–water partition coefficient (Wildman–Crippen LogP) is 4.79. The van der Waals surface area contributed by atoms with Crippen LogP contribution in [0.4, 0.5) is 11.4 Å². The number of anilines is 2. The first kappa shape index (κ1) is 16.7. The molecule has 0 aliphatic carbocycles. The standard InChI is InChI=1S/C12H8BrCl3N2O2S/c13-7-5-6(14)1-3-9(7)18-21(19,20)10-4-2-8(15)12(17)11(10)16/h1-5,18H,17H2. The van der Waals surface area contributed by atoms with Gasteiger partial charge in [0.15, 0.2) is 0 Å². The molecule has 3 N–H and O–H groups in total. The molecule has 2 aromatic carbocycles. The van der Waals surface area contributed by atoms with E-state index in [1.165, 1.54) is 18.2 Å². The van der Waals surface area contributed by atoms with Gasteiger partial charge in [-0.05, 0) is 46.3 Å². The van der Waals surface area contributed by atoms with Gasteiger partial charge in [0.25, 0.3) is 10.0 Å². The molecule has 2 rings (SSSR count). The number of hydrogen-bond acceptors (Lipinski definition) is 3. The van der Waals surface area contributed by atoms with Gasteiger partial charge in [-0.15, -0.1) is 0 Å². The Morgan fingerprint density at radius 1 is 1.10 bits per heavy atom. The summed E-state index contributed by atoms with van der Waals surface area (Å²) in [6.07, 6.45) is 0. The molecule has 0 saturated carbocycles. The van der Waals surface area contributed by atoms with E-state index in [1.54, 1.807) is 12.1 Å². The van der Waals surface area contributed by atoms with Crippen molar-refractivity contribution >= 4 is 72.1 Å². The Labute approximate surface area is 145 Å². The van der Waals surface area contributed by atoms with Crippen molar-refractivity contribution in [1.29, 1.82) is 0 Å². The Balaban J connectivity index is 2.46. The summed E-state index contributed by atoms with van der Waals surface area (Å²) in [6.45, 7) is 0. The molecule has 2 aromatic rings. The van der Waals surface area contributed by atoms with Crippen molar-refractivity contribution in [2.45, 2.75) is 4.90 Å². The minimum absolute atomic E-state index is 0.0105. The molecule has 0 aliphatic heterocycles. The van der Waals surface area contributed by atoms with Crippen LogP contribution in [0.15, 0.2) is 39.7 Å². The van der Waals surface area contributed by atoms with Gasteiger partial charge in [-0.1, -0.05) is 34.8 Å². The summed E-state index contributed by atoms with van der Waals surface area (Å²) < 4.78 is 27.6. The van der Waals surface area contributed by atoms with Crippen LogP contribution in [-0.4, -0.2) is 8.42 Å². The van der Waals surface area contributed by atoms with Crippen molar-refractivity contribution in [2.24, 2.45) is 0 Å². The van der Waals surface area contributed by atoms with Gasteiger partial charge in [0.1, 0.15) is 4.90 Å². The molecule has 0 bridgehead atoms. The highest BCUT2D eigenvalue weighted by Gasteiger charge is 2.21. The zero-order valence-electron chi connectivity index (χ0n) is 10.2. The second-order valence-electron chi connectivity index (χ2n) is 4.00. The van der Waals surface area contributed by atoms with Gasteiger partial charge < -0.3 is 5.73 Å². The van der Waals surface area contributed by atoms with Gasteiger partial charge in [0, 0.05) is 9.50 Å². The summed E-state index contributed by atoms with van der Waals surface area (Å²) in [4.78, 5) is -0.159. The molecular formula is C12H8BrCl3N2O2S. The van der Waals surface area contributed by atoms with Gasteiger partial charge in [0.05, 0.1) is 21.4 Å². The Hall–Kier alpha value is -0.660. The van der Waals surface area contributed by atoms with Crippen molar-refractivity contribution in [3.8, 4) is 0 Å². The summed E-state index contributed by atoms with van der Waals surface area (Å²) in [5.41, 5.74) is 5.97. The van der Waals surface area contributed by atoms with Crippen LogP contribution in [0.2, 0.25) is 15.1 Å². The molecule has 4 nitrogen and oxygen atoms in total. The zero-order valence-corrected chi connectivity index (χ0v) is 14.9. The third kappa shape index (κ3) is 3.57. The van der Waals surface area contributed by atoms with Gasteiger partial charge in [-0.2, -0.15) is 0 Å². The lowest BCUT2D eigenvalue weighted by atomic mass is 10.3. The van der Waals surface area contributed by atoms with Crippen molar-refractivity contribution in [3.05, 3.63) is 49.9 Å². The van der Waals surface area contributed by atoms with E-state index in [2.05, 4.69) is 20.7 Å². The molecule has 0 fully saturated rings.